The smallest absolute Gasteiger partial charge is 0.221 e. The van der Waals surface area contributed by atoms with Crippen molar-refractivity contribution in [2.75, 3.05) is 5.32 Å². The maximum atomic E-state index is 11.1. The van der Waals surface area contributed by atoms with Crippen LogP contribution >= 0.6 is 11.8 Å². The summed E-state index contributed by atoms with van der Waals surface area (Å²) in [5, 5.41) is 2.74. The molecule has 0 aliphatic carbocycles. The number of nitrogens with one attached hydrogen (secondary N) is 1. The molecule has 0 unspecified atom stereocenters. The van der Waals surface area contributed by atoms with E-state index in [4.69, 9.17) is 0 Å². The fraction of sp³-hybridized carbons (Fsp3) is 0.235. The van der Waals surface area contributed by atoms with Crippen molar-refractivity contribution in [1.29, 1.82) is 0 Å². The van der Waals surface area contributed by atoms with Gasteiger partial charge in [-0.2, -0.15) is 0 Å². The summed E-state index contributed by atoms with van der Waals surface area (Å²) >= 11 is 1.50. The minimum absolute atomic E-state index is 0.0990. The molecule has 2 rings (SSSR count). The van der Waals surface area contributed by atoms with E-state index in [0.717, 1.165) is 28.0 Å². The summed E-state index contributed by atoms with van der Waals surface area (Å²) in [6.07, 6.45) is 4.46. The van der Waals surface area contributed by atoms with Crippen molar-refractivity contribution in [2.45, 2.75) is 30.4 Å². The number of carbonyl (C=O) groups is 2. The van der Waals surface area contributed by atoms with Crippen LogP contribution < -0.4 is 5.32 Å². The standard InChI is InChI=1S/C17H18N2O2S/c1-12(21)19-14-6-4-13(5-7-14)15-10-18-9-8-16(15)22-17(2,3)11-20/h4-11H,1-3H3,(H,19,21). The third-order valence-electron chi connectivity index (χ3n) is 2.95. The molecule has 0 atom stereocenters. The van der Waals surface area contributed by atoms with Gasteiger partial charge in [-0.3, -0.25) is 9.78 Å². The number of carbonyl (C=O) groups excluding carboxylic acids is 2. The van der Waals surface area contributed by atoms with Crippen LogP contribution in [0.3, 0.4) is 0 Å². The third-order valence-corrected chi connectivity index (χ3v) is 4.15. The molecule has 1 aromatic carbocycles. The zero-order chi connectivity index (χ0) is 16.2. The number of rotatable bonds is 5. The SMILES string of the molecule is CC(=O)Nc1ccc(-c2cnccc2SC(C)(C)C=O)cc1. The highest BCUT2D eigenvalue weighted by Crippen LogP contribution is 2.37. The van der Waals surface area contributed by atoms with Gasteiger partial charge < -0.3 is 10.1 Å². The molecule has 0 saturated heterocycles. The highest BCUT2D eigenvalue weighted by Gasteiger charge is 2.20. The normalized spacial score (nSPS) is 11.0. The van der Waals surface area contributed by atoms with E-state index in [2.05, 4.69) is 10.3 Å². The number of hydrogen-bond acceptors (Lipinski definition) is 4. The zero-order valence-corrected chi connectivity index (χ0v) is 13.6. The molecular weight excluding hydrogens is 296 g/mol. The Hall–Kier alpha value is -2.14. The van der Waals surface area contributed by atoms with Crippen molar-refractivity contribution in [2.24, 2.45) is 0 Å². The van der Waals surface area contributed by atoms with Crippen molar-refractivity contribution in [3.63, 3.8) is 0 Å². The summed E-state index contributed by atoms with van der Waals surface area (Å²) in [7, 11) is 0. The Morgan fingerprint density at radius 2 is 1.91 bits per heavy atom. The predicted octanol–water partition coefficient (Wildman–Crippen LogP) is 3.78. The monoisotopic (exact) mass is 314 g/mol. The second-order valence-electron chi connectivity index (χ2n) is 5.45. The van der Waals surface area contributed by atoms with Gasteiger partial charge in [0.15, 0.2) is 0 Å². The van der Waals surface area contributed by atoms with Gasteiger partial charge in [0, 0.05) is 35.5 Å². The number of aromatic nitrogens is 1. The molecule has 1 N–H and O–H groups in total. The minimum Gasteiger partial charge on any atom is -0.326 e. The molecule has 1 amide bonds. The minimum atomic E-state index is -0.494. The molecule has 0 aliphatic rings. The van der Waals surface area contributed by atoms with Crippen LogP contribution in [0.4, 0.5) is 5.69 Å². The number of thioether (sulfide) groups is 1. The van der Waals surface area contributed by atoms with Crippen molar-refractivity contribution < 1.29 is 9.59 Å². The Morgan fingerprint density at radius 1 is 1.23 bits per heavy atom. The van der Waals surface area contributed by atoms with Crippen LogP contribution in [-0.4, -0.2) is 21.9 Å². The molecule has 2 aromatic rings. The Kier molecular flexibility index (Phi) is 4.98. The quantitative estimate of drug-likeness (QED) is 0.674. The molecule has 1 heterocycles. The second kappa shape index (κ2) is 6.75. The highest BCUT2D eigenvalue weighted by atomic mass is 32.2. The fourth-order valence-corrected chi connectivity index (χ4v) is 2.96. The van der Waals surface area contributed by atoms with Crippen LogP contribution in [0.5, 0.6) is 0 Å². The van der Waals surface area contributed by atoms with Gasteiger partial charge in [0.05, 0.1) is 4.75 Å². The maximum Gasteiger partial charge on any atom is 0.221 e. The first-order valence-electron chi connectivity index (χ1n) is 6.89. The van der Waals surface area contributed by atoms with Crippen LogP contribution in [0, 0.1) is 0 Å². The van der Waals surface area contributed by atoms with E-state index in [1.807, 2.05) is 44.2 Å². The van der Waals surface area contributed by atoms with Crippen molar-refractivity contribution >= 4 is 29.6 Å². The number of aldehydes is 1. The number of nitrogens with zero attached hydrogens (tertiary/aromatic N) is 1. The van der Waals surface area contributed by atoms with Crippen molar-refractivity contribution in [3.8, 4) is 11.1 Å². The highest BCUT2D eigenvalue weighted by molar-refractivity contribution is 8.01. The van der Waals surface area contributed by atoms with E-state index in [0.29, 0.717) is 0 Å². The molecule has 114 valence electrons. The molecule has 0 spiro atoms. The lowest BCUT2D eigenvalue weighted by Gasteiger charge is -2.18. The van der Waals surface area contributed by atoms with Gasteiger partial charge in [-0.15, -0.1) is 11.8 Å². The van der Waals surface area contributed by atoms with E-state index in [-0.39, 0.29) is 5.91 Å². The van der Waals surface area contributed by atoms with E-state index in [9.17, 15) is 9.59 Å². The molecule has 4 nitrogen and oxygen atoms in total. The lowest BCUT2D eigenvalue weighted by atomic mass is 10.1. The molecule has 0 saturated carbocycles. The molecule has 22 heavy (non-hydrogen) atoms. The van der Waals surface area contributed by atoms with Crippen LogP contribution in [0.1, 0.15) is 20.8 Å². The molecule has 0 bridgehead atoms. The first kappa shape index (κ1) is 16.2. The fourth-order valence-electron chi connectivity index (χ4n) is 1.93. The topological polar surface area (TPSA) is 59.1 Å². The molecule has 0 aliphatic heterocycles. The number of pyridine rings is 1. The average molecular weight is 314 g/mol. The second-order valence-corrected chi connectivity index (χ2v) is 7.15. The first-order chi connectivity index (χ1) is 10.4. The summed E-state index contributed by atoms with van der Waals surface area (Å²) < 4.78 is -0.494. The van der Waals surface area contributed by atoms with Gasteiger partial charge in [0.25, 0.3) is 0 Å². The van der Waals surface area contributed by atoms with Crippen LogP contribution in [-0.2, 0) is 9.59 Å². The number of benzene rings is 1. The maximum absolute atomic E-state index is 11.1. The largest absolute Gasteiger partial charge is 0.326 e. The molecule has 0 radical (unpaired) electrons. The Bertz CT molecular complexity index is 681. The average Bonchev–Trinajstić information content (AvgIpc) is 2.48. The molecule has 1 aromatic heterocycles. The third kappa shape index (κ3) is 4.18. The number of anilines is 1. The van der Waals surface area contributed by atoms with E-state index in [1.54, 1.807) is 12.4 Å². The molecule has 0 fully saturated rings. The summed E-state index contributed by atoms with van der Waals surface area (Å²) in [5.74, 6) is -0.0990. The first-order valence-corrected chi connectivity index (χ1v) is 7.70. The predicted molar refractivity (Wildman–Crippen MR) is 90.0 cm³/mol. The lowest BCUT2D eigenvalue weighted by molar-refractivity contribution is -0.114. The van der Waals surface area contributed by atoms with E-state index in [1.165, 1.54) is 18.7 Å². The van der Waals surface area contributed by atoms with E-state index >= 15 is 0 Å². The zero-order valence-electron chi connectivity index (χ0n) is 12.8. The van der Waals surface area contributed by atoms with Gasteiger partial charge in [0.2, 0.25) is 5.91 Å². The Balaban J connectivity index is 2.32. The summed E-state index contributed by atoms with van der Waals surface area (Å²) in [6.45, 7) is 5.24. The van der Waals surface area contributed by atoms with E-state index < -0.39 is 4.75 Å². The number of hydrogen-bond donors (Lipinski definition) is 1. The summed E-state index contributed by atoms with van der Waals surface area (Å²) in [5.41, 5.74) is 2.71. The van der Waals surface area contributed by atoms with Crippen LogP contribution in [0.15, 0.2) is 47.6 Å². The van der Waals surface area contributed by atoms with Crippen LogP contribution in [0.2, 0.25) is 0 Å². The molecule has 5 heteroatoms. The van der Waals surface area contributed by atoms with Gasteiger partial charge in [-0.1, -0.05) is 12.1 Å². The Morgan fingerprint density at radius 3 is 2.50 bits per heavy atom. The van der Waals surface area contributed by atoms with Crippen LogP contribution in [0.25, 0.3) is 11.1 Å². The summed E-state index contributed by atoms with van der Waals surface area (Å²) in [6, 6.07) is 9.47. The number of amides is 1. The summed E-state index contributed by atoms with van der Waals surface area (Å²) in [4.78, 5) is 27.4. The van der Waals surface area contributed by atoms with Gasteiger partial charge in [-0.05, 0) is 37.6 Å². The lowest BCUT2D eigenvalue weighted by Crippen LogP contribution is -2.15. The van der Waals surface area contributed by atoms with Gasteiger partial charge >= 0.3 is 0 Å². The van der Waals surface area contributed by atoms with Crippen molar-refractivity contribution in [1.82, 2.24) is 4.98 Å². The van der Waals surface area contributed by atoms with Gasteiger partial charge in [0.1, 0.15) is 6.29 Å². The molecular formula is C17H18N2O2S. The van der Waals surface area contributed by atoms with Gasteiger partial charge in [-0.25, -0.2) is 0 Å². The van der Waals surface area contributed by atoms with Crippen molar-refractivity contribution in [3.05, 3.63) is 42.7 Å². The Labute approximate surface area is 134 Å².